The van der Waals surface area contributed by atoms with Crippen LogP contribution in [0.2, 0.25) is 0 Å². The van der Waals surface area contributed by atoms with Crippen LogP contribution in [0, 0.1) is 11.3 Å². The predicted octanol–water partition coefficient (Wildman–Crippen LogP) is 2.54. The number of benzene rings is 2. The fourth-order valence-corrected chi connectivity index (χ4v) is 5.02. The first-order valence-corrected chi connectivity index (χ1v) is 11.8. The lowest BCUT2D eigenvalue weighted by atomic mass is 9.86. The molecular formula is C27H30N2O7. The molecule has 1 saturated carbocycles. The van der Waals surface area contributed by atoms with Crippen LogP contribution in [-0.2, 0) is 20.9 Å². The number of methoxy groups -OCH3 is 3. The highest BCUT2D eigenvalue weighted by molar-refractivity contribution is 6.46. The lowest BCUT2D eigenvalue weighted by Gasteiger charge is -2.24. The smallest absolute Gasteiger partial charge is 0.246 e. The Morgan fingerprint density at radius 1 is 1.00 bits per heavy atom. The average Bonchev–Trinajstić information content (AvgIpc) is 3.64. The van der Waals surface area contributed by atoms with E-state index in [0.717, 1.165) is 10.5 Å². The van der Waals surface area contributed by atoms with Crippen LogP contribution in [0.1, 0.15) is 41.6 Å². The number of hydrogen-bond acceptors (Lipinski definition) is 8. The molecule has 36 heavy (non-hydrogen) atoms. The molecule has 0 aromatic heterocycles. The lowest BCUT2D eigenvalue weighted by Crippen LogP contribution is -2.47. The van der Waals surface area contributed by atoms with Gasteiger partial charge >= 0.3 is 0 Å². The molecule has 3 atom stereocenters. The molecule has 2 fully saturated rings. The van der Waals surface area contributed by atoms with Crippen molar-refractivity contribution in [1.82, 2.24) is 4.90 Å². The molecule has 4 rings (SSSR count). The van der Waals surface area contributed by atoms with Crippen LogP contribution in [0.25, 0.3) is 0 Å². The Morgan fingerprint density at radius 2 is 1.64 bits per heavy atom. The van der Waals surface area contributed by atoms with E-state index in [1.807, 2.05) is 30.3 Å². The summed E-state index contributed by atoms with van der Waals surface area (Å²) in [6.45, 7) is 0.0633. The van der Waals surface area contributed by atoms with Crippen LogP contribution in [0.4, 0.5) is 0 Å². The molecule has 2 aromatic rings. The van der Waals surface area contributed by atoms with Crippen molar-refractivity contribution in [2.24, 2.45) is 17.1 Å². The maximum atomic E-state index is 13.6. The van der Waals surface area contributed by atoms with Gasteiger partial charge in [0.1, 0.15) is 0 Å². The van der Waals surface area contributed by atoms with Crippen molar-refractivity contribution in [3.05, 3.63) is 53.6 Å². The minimum Gasteiger partial charge on any atom is -0.493 e. The SMILES string of the molecule is COc1cc(C(=O)C(=O)C23CCCC(N)C(=O)N(Cc4ccccc4)C(=O)C2C3)cc(OC)c1OC. The van der Waals surface area contributed by atoms with Gasteiger partial charge in [-0.05, 0) is 37.0 Å². The fraction of sp³-hybridized carbons (Fsp3) is 0.407. The number of ketones is 2. The van der Waals surface area contributed by atoms with Crippen LogP contribution in [0.3, 0.4) is 0 Å². The van der Waals surface area contributed by atoms with E-state index in [0.29, 0.717) is 25.0 Å². The predicted molar refractivity (Wildman–Crippen MR) is 130 cm³/mol. The number of amides is 2. The summed E-state index contributed by atoms with van der Waals surface area (Å²) in [5.41, 5.74) is 5.81. The van der Waals surface area contributed by atoms with E-state index in [9.17, 15) is 19.2 Å². The highest BCUT2D eigenvalue weighted by atomic mass is 16.5. The molecule has 0 bridgehead atoms. The van der Waals surface area contributed by atoms with Gasteiger partial charge in [0.2, 0.25) is 29.1 Å². The molecule has 9 nitrogen and oxygen atoms in total. The van der Waals surface area contributed by atoms with Gasteiger partial charge in [0.05, 0.1) is 39.8 Å². The van der Waals surface area contributed by atoms with Crippen molar-refractivity contribution in [1.29, 1.82) is 0 Å². The molecule has 1 heterocycles. The van der Waals surface area contributed by atoms with Gasteiger partial charge in [-0.1, -0.05) is 36.8 Å². The van der Waals surface area contributed by atoms with Crippen LogP contribution >= 0.6 is 0 Å². The van der Waals surface area contributed by atoms with Crippen LogP contribution in [0.5, 0.6) is 17.2 Å². The minimum atomic E-state index is -1.16. The van der Waals surface area contributed by atoms with Gasteiger partial charge in [0.25, 0.3) is 0 Å². The van der Waals surface area contributed by atoms with Crippen molar-refractivity contribution in [2.75, 3.05) is 21.3 Å². The Hall–Kier alpha value is -3.72. The van der Waals surface area contributed by atoms with Gasteiger partial charge in [-0.15, -0.1) is 0 Å². The molecular weight excluding hydrogens is 464 g/mol. The number of rotatable bonds is 8. The van der Waals surface area contributed by atoms with E-state index >= 15 is 0 Å². The summed E-state index contributed by atoms with van der Waals surface area (Å²) in [7, 11) is 4.28. The van der Waals surface area contributed by atoms with Gasteiger partial charge in [-0.2, -0.15) is 0 Å². The second-order valence-electron chi connectivity index (χ2n) is 9.23. The first kappa shape index (κ1) is 25.4. The molecule has 190 valence electrons. The Labute approximate surface area is 209 Å². The molecule has 9 heteroatoms. The number of carbonyl (C=O) groups is 4. The molecule has 2 amide bonds. The van der Waals surface area contributed by atoms with Crippen molar-refractivity contribution >= 4 is 23.4 Å². The van der Waals surface area contributed by atoms with Gasteiger partial charge in [0.15, 0.2) is 11.5 Å². The number of ether oxygens (including phenoxy) is 3. The third kappa shape index (κ3) is 4.46. The monoisotopic (exact) mass is 494 g/mol. The minimum absolute atomic E-state index is 0.0633. The zero-order chi connectivity index (χ0) is 26.0. The normalized spacial score (nSPS) is 23.6. The second kappa shape index (κ2) is 10.1. The number of nitrogens with two attached hydrogens (primary N) is 1. The van der Waals surface area contributed by atoms with E-state index in [1.165, 1.54) is 33.5 Å². The molecule has 2 N–H and O–H groups in total. The summed E-state index contributed by atoms with van der Waals surface area (Å²) >= 11 is 0. The summed E-state index contributed by atoms with van der Waals surface area (Å²) < 4.78 is 15.9. The summed E-state index contributed by atoms with van der Waals surface area (Å²) in [5.74, 6) is -2.29. The topological polar surface area (TPSA) is 125 Å². The van der Waals surface area contributed by atoms with E-state index in [-0.39, 0.29) is 30.0 Å². The summed E-state index contributed by atoms with van der Waals surface area (Å²) in [4.78, 5) is 54.7. The molecule has 3 unspecified atom stereocenters. The Bertz CT molecular complexity index is 1170. The third-order valence-electron chi connectivity index (χ3n) is 7.13. The second-order valence-corrected chi connectivity index (χ2v) is 9.23. The number of carbonyl (C=O) groups excluding carboxylic acids is 4. The van der Waals surface area contributed by atoms with E-state index in [4.69, 9.17) is 19.9 Å². The number of Topliss-reactive ketones (excluding diaryl/α,β-unsaturated/α-hetero) is 2. The van der Waals surface area contributed by atoms with Crippen molar-refractivity contribution in [2.45, 2.75) is 38.3 Å². The Morgan fingerprint density at radius 3 is 2.22 bits per heavy atom. The van der Waals surface area contributed by atoms with Gasteiger partial charge in [-0.25, -0.2) is 0 Å². The van der Waals surface area contributed by atoms with Crippen LogP contribution < -0.4 is 19.9 Å². The first-order chi connectivity index (χ1) is 17.3. The van der Waals surface area contributed by atoms with Crippen LogP contribution in [0.15, 0.2) is 42.5 Å². The largest absolute Gasteiger partial charge is 0.493 e. The first-order valence-electron chi connectivity index (χ1n) is 11.8. The molecule has 2 aliphatic rings. The summed E-state index contributed by atoms with van der Waals surface area (Å²) in [6.07, 6.45) is 1.29. The maximum Gasteiger partial charge on any atom is 0.246 e. The lowest BCUT2D eigenvalue weighted by molar-refractivity contribution is -0.148. The molecule has 0 spiro atoms. The van der Waals surface area contributed by atoms with Gasteiger partial charge in [0, 0.05) is 11.0 Å². The van der Waals surface area contributed by atoms with E-state index in [2.05, 4.69) is 0 Å². The Kier molecular flexibility index (Phi) is 7.12. The van der Waals surface area contributed by atoms with Crippen molar-refractivity contribution < 1.29 is 33.4 Å². The zero-order valence-corrected chi connectivity index (χ0v) is 20.6. The number of fused-ring (bicyclic) bond motifs is 1. The third-order valence-corrected chi connectivity index (χ3v) is 7.13. The number of hydrogen-bond donors (Lipinski definition) is 1. The molecule has 1 aliphatic heterocycles. The van der Waals surface area contributed by atoms with E-state index < -0.39 is 40.8 Å². The standard InChI is InChI=1S/C27H30N2O7/c1-34-20-12-17(13-21(35-2)23(20)36-3)22(30)24(31)27-11-7-10-19(28)26(33)29(25(32)18(27)14-27)15-16-8-5-4-6-9-16/h4-6,8-9,12-13,18-19H,7,10-11,14-15,28H2,1-3H3. The summed E-state index contributed by atoms with van der Waals surface area (Å²) in [6, 6.07) is 11.1. The molecule has 1 saturated heterocycles. The number of nitrogens with zero attached hydrogens (tertiary/aromatic N) is 1. The highest BCUT2D eigenvalue weighted by Gasteiger charge is 2.65. The molecule has 2 aromatic carbocycles. The maximum absolute atomic E-state index is 13.6. The van der Waals surface area contributed by atoms with Gasteiger partial charge in [-0.3, -0.25) is 24.1 Å². The summed E-state index contributed by atoms with van der Waals surface area (Å²) in [5, 5.41) is 0. The molecule has 0 radical (unpaired) electrons. The van der Waals surface area contributed by atoms with Crippen LogP contribution in [-0.4, -0.2) is 55.7 Å². The van der Waals surface area contributed by atoms with Gasteiger partial charge < -0.3 is 19.9 Å². The highest BCUT2D eigenvalue weighted by Crippen LogP contribution is 2.58. The number of imide groups is 1. The fourth-order valence-electron chi connectivity index (χ4n) is 5.02. The Balaban J connectivity index is 1.65. The molecule has 1 aliphatic carbocycles. The van der Waals surface area contributed by atoms with Crippen molar-refractivity contribution in [3.8, 4) is 17.2 Å². The van der Waals surface area contributed by atoms with Crippen molar-refractivity contribution in [3.63, 3.8) is 0 Å². The average molecular weight is 495 g/mol. The zero-order valence-electron chi connectivity index (χ0n) is 20.6. The van der Waals surface area contributed by atoms with E-state index in [1.54, 1.807) is 0 Å². The quantitative estimate of drug-likeness (QED) is 0.337.